The van der Waals surface area contributed by atoms with Gasteiger partial charge in [-0.1, -0.05) is 6.92 Å². The Morgan fingerprint density at radius 3 is 2.41 bits per heavy atom. The van der Waals surface area contributed by atoms with Crippen molar-refractivity contribution in [3.05, 3.63) is 60.1 Å². The number of hydrogen-bond donors (Lipinski definition) is 1. The summed E-state index contributed by atoms with van der Waals surface area (Å²) in [4.78, 5) is 19.6. The number of benzene rings is 1. The van der Waals surface area contributed by atoms with Crippen LogP contribution in [0.3, 0.4) is 0 Å². The quantitative estimate of drug-likeness (QED) is 0.514. The Morgan fingerprint density at radius 1 is 1.09 bits per heavy atom. The van der Waals surface area contributed by atoms with E-state index in [0.717, 1.165) is 56.2 Å². The lowest BCUT2D eigenvalue weighted by Crippen LogP contribution is -2.39. The third kappa shape index (κ3) is 5.96. The molecule has 34 heavy (non-hydrogen) atoms. The van der Waals surface area contributed by atoms with Crippen molar-refractivity contribution in [2.45, 2.75) is 43.7 Å². The first kappa shape index (κ1) is 23.8. The number of sulfone groups is 1. The lowest BCUT2D eigenvalue weighted by Gasteiger charge is -2.31. The molecular weight excluding hydrogens is 459 g/mol. The number of hydrogen-bond acceptors (Lipinski definition) is 9. The number of anilines is 2. The fraction of sp³-hybridized carbons (Fsp3) is 0.391. The molecule has 0 saturated carbocycles. The molecule has 2 aromatic heterocycles. The van der Waals surface area contributed by atoms with Crippen molar-refractivity contribution in [3.8, 4) is 5.88 Å². The average Bonchev–Trinajstić information content (AvgIpc) is 2.84. The zero-order valence-corrected chi connectivity index (χ0v) is 19.9. The Bertz CT molecular complexity index is 1210. The standard InChI is InChI=1S/C23H27FN6O3S/c1-3-16-11-28-23(29-12-16)30-8-6-18(7-9-30)33-22-15-25-17(14-27-22)13-26-21-5-4-19(10-20(21)24)34(2,31)32/h4-5,10-12,14-15,18,26H,3,6-9,13H2,1-2H3. The smallest absolute Gasteiger partial charge is 0.232 e. The number of piperidine rings is 1. The molecule has 0 aliphatic carbocycles. The number of nitrogens with one attached hydrogen (secondary N) is 1. The Balaban J connectivity index is 1.26. The topological polar surface area (TPSA) is 110 Å². The molecule has 1 aliphatic heterocycles. The summed E-state index contributed by atoms with van der Waals surface area (Å²) in [6, 6.07) is 3.76. The summed E-state index contributed by atoms with van der Waals surface area (Å²) in [5.74, 6) is 0.540. The summed E-state index contributed by atoms with van der Waals surface area (Å²) in [5, 5.41) is 2.91. The number of aryl methyl sites for hydroxylation is 1. The van der Waals surface area contributed by atoms with Gasteiger partial charge in [-0.15, -0.1) is 0 Å². The highest BCUT2D eigenvalue weighted by Crippen LogP contribution is 2.21. The molecule has 180 valence electrons. The molecule has 1 aliphatic rings. The fourth-order valence-electron chi connectivity index (χ4n) is 3.59. The lowest BCUT2D eigenvalue weighted by atomic mass is 10.1. The first-order valence-corrected chi connectivity index (χ1v) is 13.0. The molecule has 1 aromatic carbocycles. The van der Waals surface area contributed by atoms with Gasteiger partial charge in [0, 0.05) is 44.6 Å². The molecule has 11 heteroatoms. The first-order valence-electron chi connectivity index (χ1n) is 11.1. The van der Waals surface area contributed by atoms with Crippen molar-refractivity contribution in [1.82, 2.24) is 19.9 Å². The molecular formula is C23H27FN6O3S. The Hall–Kier alpha value is -3.34. The minimum absolute atomic E-state index is 0.0342. The maximum Gasteiger partial charge on any atom is 0.232 e. The third-order valence-electron chi connectivity index (χ3n) is 5.62. The molecule has 3 aromatic rings. The van der Waals surface area contributed by atoms with E-state index in [4.69, 9.17) is 4.74 Å². The normalized spacial score (nSPS) is 14.7. The lowest BCUT2D eigenvalue weighted by molar-refractivity contribution is 0.162. The highest BCUT2D eigenvalue weighted by Gasteiger charge is 2.22. The van der Waals surface area contributed by atoms with Gasteiger partial charge in [0.2, 0.25) is 11.8 Å². The largest absolute Gasteiger partial charge is 0.473 e. The number of rotatable bonds is 8. The average molecular weight is 487 g/mol. The third-order valence-corrected chi connectivity index (χ3v) is 6.73. The monoisotopic (exact) mass is 486 g/mol. The molecule has 0 spiro atoms. The number of halogens is 1. The van der Waals surface area contributed by atoms with Gasteiger partial charge in [-0.3, -0.25) is 4.98 Å². The zero-order chi connectivity index (χ0) is 24.1. The van der Waals surface area contributed by atoms with Crippen molar-refractivity contribution in [1.29, 1.82) is 0 Å². The summed E-state index contributed by atoms with van der Waals surface area (Å²) in [5.41, 5.74) is 1.91. The van der Waals surface area contributed by atoms with Crippen LogP contribution >= 0.6 is 0 Å². The maximum absolute atomic E-state index is 14.2. The van der Waals surface area contributed by atoms with Gasteiger partial charge in [-0.2, -0.15) is 0 Å². The molecule has 3 heterocycles. The van der Waals surface area contributed by atoms with E-state index in [1.54, 1.807) is 12.4 Å². The van der Waals surface area contributed by atoms with Gasteiger partial charge in [0.1, 0.15) is 11.9 Å². The SMILES string of the molecule is CCc1cnc(N2CCC(Oc3cnc(CNc4ccc(S(C)(=O)=O)cc4F)cn3)CC2)nc1. The van der Waals surface area contributed by atoms with Crippen molar-refractivity contribution < 1.29 is 17.5 Å². The summed E-state index contributed by atoms with van der Waals surface area (Å²) in [6.45, 7) is 3.91. The van der Waals surface area contributed by atoms with Gasteiger partial charge in [0.05, 0.1) is 35.2 Å². The molecule has 0 bridgehead atoms. The van der Waals surface area contributed by atoms with Crippen LogP contribution in [0.15, 0.2) is 47.9 Å². The second-order valence-electron chi connectivity index (χ2n) is 8.16. The van der Waals surface area contributed by atoms with Crippen molar-refractivity contribution in [2.24, 2.45) is 0 Å². The molecule has 1 saturated heterocycles. The second-order valence-corrected chi connectivity index (χ2v) is 10.2. The van der Waals surface area contributed by atoms with Crippen LogP contribution in [0.5, 0.6) is 5.88 Å². The van der Waals surface area contributed by atoms with Crippen LogP contribution in [0.2, 0.25) is 0 Å². The van der Waals surface area contributed by atoms with Crippen LogP contribution < -0.4 is 15.0 Å². The van der Waals surface area contributed by atoms with E-state index in [0.29, 0.717) is 11.6 Å². The number of nitrogens with zero attached hydrogens (tertiary/aromatic N) is 5. The maximum atomic E-state index is 14.2. The van der Waals surface area contributed by atoms with Gasteiger partial charge in [0.25, 0.3) is 0 Å². The van der Waals surface area contributed by atoms with Gasteiger partial charge >= 0.3 is 0 Å². The summed E-state index contributed by atoms with van der Waals surface area (Å²) >= 11 is 0. The molecule has 1 N–H and O–H groups in total. The Kier molecular flexibility index (Phi) is 7.20. The van der Waals surface area contributed by atoms with Gasteiger partial charge in [-0.05, 0) is 30.2 Å². The molecule has 4 rings (SSSR count). The van der Waals surface area contributed by atoms with E-state index >= 15 is 0 Å². The number of aromatic nitrogens is 4. The van der Waals surface area contributed by atoms with E-state index in [1.807, 2.05) is 12.4 Å². The predicted molar refractivity (Wildman–Crippen MR) is 126 cm³/mol. The van der Waals surface area contributed by atoms with Gasteiger partial charge < -0.3 is 15.0 Å². The molecule has 0 unspecified atom stereocenters. The van der Waals surface area contributed by atoms with E-state index < -0.39 is 15.7 Å². The van der Waals surface area contributed by atoms with Crippen molar-refractivity contribution in [3.63, 3.8) is 0 Å². The van der Waals surface area contributed by atoms with Crippen LogP contribution in [-0.2, 0) is 22.8 Å². The van der Waals surface area contributed by atoms with E-state index in [-0.39, 0.29) is 23.2 Å². The summed E-state index contributed by atoms with van der Waals surface area (Å²) < 4.78 is 43.2. The second kappa shape index (κ2) is 10.3. The van der Waals surface area contributed by atoms with Gasteiger partial charge in [0.15, 0.2) is 9.84 Å². The van der Waals surface area contributed by atoms with E-state index in [1.165, 1.54) is 12.1 Å². The van der Waals surface area contributed by atoms with Crippen LogP contribution in [0.25, 0.3) is 0 Å². The van der Waals surface area contributed by atoms with Crippen molar-refractivity contribution >= 4 is 21.5 Å². The fourth-order valence-corrected chi connectivity index (χ4v) is 4.22. The van der Waals surface area contributed by atoms with E-state index in [9.17, 15) is 12.8 Å². The van der Waals surface area contributed by atoms with Crippen molar-refractivity contribution in [2.75, 3.05) is 29.6 Å². The minimum atomic E-state index is -3.46. The molecule has 9 nitrogen and oxygen atoms in total. The zero-order valence-electron chi connectivity index (χ0n) is 19.1. The van der Waals surface area contributed by atoms with Crippen LogP contribution in [-0.4, -0.2) is 53.8 Å². The van der Waals surface area contributed by atoms with Crippen LogP contribution in [0, 0.1) is 5.82 Å². The number of ether oxygens (including phenoxy) is 1. The highest BCUT2D eigenvalue weighted by atomic mass is 32.2. The highest BCUT2D eigenvalue weighted by molar-refractivity contribution is 7.90. The Labute approximate surface area is 198 Å². The first-order chi connectivity index (χ1) is 16.3. The molecule has 0 atom stereocenters. The Morgan fingerprint density at radius 2 is 1.82 bits per heavy atom. The molecule has 0 amide bonds. The minimum Gasteiger partial charge on any atom is -0.473 e. The summed E-state index contributed by atoms with van der Waals surface area (Å²) in [6.07, 6.45) is 10.5. The predicted octanol–water partition coefficient (Wildman–Crippen LogP) is 3.03. The molecule has 1 fully saturated rings. The van der Waals surface area contributed by atoms with E-state index in [2.05, 4.69) is 37.1 Å². The molecule has 0 radical (unpaired) electrons. The summed E-state index contributed by atoms with van der Waals surface area (Å²) in [7, 11) is -3.46. The van der Waals surface area contributed by atoms with Gasteiger partial charge in [-0.25, -0.2) is 27.8 Å². The van der Waals surface area contributed by atoms with Crippen LogP contribution in [0.4, 0.5) is 16.0 Å². The van der Waals surface area contributed by atoms with Crippen LogP contribution in [0.1, 0.15) is 31.0 Å².